The zero-order valence-electron chi connectivity index (χ0n) is 8.97. The first-order chi connectivity index (χ1) is 8.88. The highest BCUT2D eigenvalue weighted by Crippen LogP contribution is 2.32. The third-order valence-corrected chi connectivity index (χ3v) is 4.74. The van der Waals surface area contributed by atoms with E-state index in [1.807, 2.05) is 0 Å². The topological polar surface area (TPSA) is 78.0 Å². The summed E-state index contributed by atoms with van der Waals surface area (Å²) in [5, 5.41) is 14.2. The number of carbonyl (C=O) groups is 1. The number of rotatable bonds is 4. The second kappa shape index (κ2) is 5.70. The molecular weight excluding hydrogens is 425 g/mol. The van der Waals surface area contributed by atoms with Crippen molar-refractivity contribution in [3.63, 3.8) is 0 Å². The van der Waals surface area contributed by atoms with Gasteiger partial charge in [0.05, 0.1) is 18.9 Å². The highest BCUT2D eigenvalue weighted by molar-refractivity contribution is 9.12. The van der Waals surface area contributed by atoms with Gasteiger partial charge in [-0.15, -0.1) is 11.3 Å². The van der Waals surface area contributed by atoms with Gasteiger partial charge in [0.15, 0.2) is 10.8 Å². The summed E-state index contributed by atoms with van der Waals surface area (Å²) in [6.45, 7) is -0.116. The largest absolute Gasteiger partial charge is 0.408 e. The summed E-state index contributed by atoms with van der Waals surface area (Å²) >= 11 is 13.6. The number of nitrogens with zero attached hydrogens (tertiary/aromatic N) is 3. The lowest BCUT2D eigenvalue weighted by molar-refractivity contribution is -0.389. The molecule has 0 radical (unpaired) electrons. The molecule has 0 aromatic carbocycles. The van der Waals surface area contributed by atoms with Crippen molar-refractivity contribution >= 4 is 66.4 Å². The number of Topliss-reactive ketones (excluding diaryl/α,β-unsaturated/α-hetero) is 1. The number of ketones is 1. The molecule has 0 unspecified atom stereocenters. The SMILES string of the molecule is O=C(Cn1cc(Cl)c([N+](=O)[O-])n1)c1cc(Br)sc1Br. The molecule has 0 bridgehead atoms. The van der Waals surface area contributed by atoms with Gasteiger partial charge in [-0.25, -0.2) is 0 Å². The quantitative estimate of drug-likeness (QED) is 0.419. The molecular formula is C9H4Br2ClN3O3S. The molecule has 10 heteroatoms. The maximum atomic E-state index is 12.0. The average molecular weight is 429 g/mol. The zero-order valence-corrected chi connectivity index (χ0v) is 13.7. The van der Waals surface area contributed by atoms with Crippen molar-refractivity contribution in [2.45, 2.75) is 6.54 Å². The van der Waals surface area contributed by atoms with Crippen molar-refractivity contribution < 1.29 is 9.72 Å². The predicted molar refractivity (Wildman–Crippen MR) is 77.9 cm³/mol. The Bertz CT molecular complexity index is 670. The summed E-state index contributed by atoms with van der Waals surface area (Å²) < 4.78 is 2.66. The number of halogens is 3. The van der Waals surface area contributed by atoms with Crippen molar-refractivity contribution in [1.29, 1.82) is 0 Å². The minimum absolute atomic E-state index is 0.0941. The molecule has 0 aliphatic rings. The smallest absolute Gasteiger partial charge is 0.358 e. The lowest BCUT2D eigenvalue weighted by atomic mass is 10.2. The van der Waals surface area contributed by atoms with E-state index >= 15 is 0 Å². The maximum Gasteiger partial charge on any atom is 0.408 e. The van der Waals surface area contributed by atoms with Gasteiger partial charge in [-0.1, -0.05) is 11.6 Å². The van der Waals surface area contributed by atoms with Crippen molar-refractivity contribution in [2.24, 2.45) is 0 Å². The first-order valence-electron chi connectivity index (χ1n) is 4.74. The molecule has 0 saturated heterocycles. The Labute approximate surface area is 132 Å². The lowest BCUT2D eigenvalue weighted by Crippen LogP contribution is -2.10. The summed E-state index contributed by atoms with van der Waals surface area (Å²) in [5.74, 6) is -0.678. The second-order valence-corrected chi connectivity index (χ2v) is 7.57. The molecule has 2 aromatic heterocycles. The molecule has 0 aliphatic heterocycles. The first kappa shape index (κ1) is 14.6. The van der Waals surface area contributed by atoms with Gasteiger partial charge in [0, 0.05) is 5.56 Å². The van der Waals surface area contributed by atoms with Crippen LogP contribution in [0.3, 0.4) is 0 Å². The fourth-order valence-electron chi connectivity index (χ4n) is 1.35. The molecule has 0 amide bonds. The third kappa shape index (κ3) is 3.22. The van der Waals surface area contributed by atoms with Crippen LogP contribution in [0, 0.1) is 10.1 Å². The van der Waals surface area contributed by atoms with Crippen LogP contribution in [-0.4, -0.2) is 20.5 Å². The van der Waals surface area contributed by atoms with E-state index in [1.165, 1.54) is 17.5 Å². The summed E-state index contributed by atoms with van der Waals surface area (Å²) in [5.41, 5.74) is 0.492. The summed E-state index contributed by atoms with van der Waals surface area (Å²) in [7, 11) is 0. The van der Waals surface area contributed by atoms with E-state index < -0.39 is 10.7 Å². The Balaban J connectivity index is 2.22. The molecule has 100 valence electrons. The summed E-state index contributed by atoms with van der Waals surface area (Å²) in [6.07, 6.45) is 1.26. The Morgan fingerprint density at radius 1 is 1.58 bits per heavy atom. The van der Waals surface area contributed by atoms with E-state index in [1.54, 1.807) is 6.07 Å². The standard InChI is InChI=1S/C9H4Br2ClN3O3S/c10-7-1-4(8(11)19-7)6(16)3-14-2-5(12)9(13-14)15(17)18/h1-2H,3H2. The van der Waals surface area contributed by atoms with Crippen LogP contribution in [0.5, 0.6) is 0 Å². The molecule has 0 N–H and O–H groups in total. The number of nitro groups is 1. The van der Waals surface area contributed by atoms with E-state index in [0.29, 0.717) is 9.35 Å². The van der Waals surface area contributed by atoms with Crippen LogP contribution in [0.1, 0.15) is 10.4 Å². The van der Waals surface area contributed by atoms with Gasteiger partial charge in [0.2, 0.25) is 0 Å². The van der Waals surface area contributed by atoms with E-state index in [9.17, 15) is 14.9 Å². The number of hydrogen-bond donors (Lipinski definition) is 0. The molecule has 2 rings (SSSR count). The average Bonchev–Trinajstić information content (AvgIpc) is 2.81. The number of aromatic nitrogens is 2. The Hall–Kier alpha value is -0.770. The molecule has 2 heterocycles. The van der Waals surface area contributed by atoms with Gasteiger partial charge in [0.25, 0.3) is 0 Å². The second-order valence-electron chi connectivity index (χ2n) is 3.42. The van der Waals surface area contributed by atoms with Crippen molar-refractivity contribution in [2.75, 3.05) is 0 Å². The van der Waals surface area contributed by atoms with Gasteiger partial charge < -0.3 is 10.1 Å². The molecule has 0 spiro atoms. The normalized spacial score (nSPS) is 10.7. The maximum absolute atomic E-state index is 12.0. The minimum Gasteiger partial charge on any atom is -0.358 e. The van der Waals surface area contributed by atoms with E-state index in [0.717, 1.165) is 8.47 Å². The van der Waals surface area contributed by atoms with E-state index in [2.05, 4.69) is 37.0 Å². The van der Waals surface area contributed by atoms with Gasteiger partial charge >= 0.3 is 5.82 Å². The van der Waals surface area contributed by atoms with Crippen LogP contribution in [-0.2, 0) is 6.54 Å². The van der Waals surface area contributed by atoms with Crippen LogP contribution in [0.2, 0.25) is 5.02 Å². The van der Waals surface area contributed by atoms with Gasteiger partial charge in [-0.05, 0) is 42.8 Å². The van der Waals surface area contributed by atoms with Crippen LogP contribution >= 0.6 is 54.8 Å². The summed E-state index contributed by atoms with van der Waals surface area (Å²) in [6, 6.07) is 1.68. The first-order valence-corrected chi connectivity index (χ1v) is 7.52. The van der Waals surface area contributed by atoms with Crippen LogP contribution in [0.25, 0.3) is 0 Å². The van der Waals surface area contributed by atoms with Crippen LogP contribution in [0.4, 0.5) is 5.82 Å². The number of thiophene rings is 1. The molecule has 0 saturated carbocycles. The van der Waals surface area contributed by atoms with Gasteiger partial charge in [-0.2, -0.15) is 4.68 Å². The lowest BCUT2D eigenvalue weighted by Gasteiger charge is -1.96. The fraction of sp³-hybridized carbons (Fsp3) is 0.111. The zero-order chi connectivity index (χ0) is 14.2. The predicted octanol–water partition coefficient (Wildman–Crippen LogP) is 3.91. The Morgan fingerprint density at radius 2 is 2.26 bits per heavy atom. The minimum atomic E-state index is -0.694. The van der Waals surface area contributed by atoms with E-state index in [-0.39, 0.29) is 17.4 Å². The van der Waals surface area contributed by atoms with Crippen LogP contribution < -0.4 is 0 Å². The van der Waals surface area contributed by atoms with Crippen molar-refractivity contribution in [3.8, 4) is 0 Å². The number of carbonyl (C=O) groups excluding carboxylic acids is 1. The van der Waals surface area contributed by atoms with Crippen molar-refractivity contribution in [3.05, 3.63) is 40.5 Å². The highest BCUT2D eigenvalue weighted by atomic mass is 79.9. The molecule has 0 aliphatic carbocycles. The van der Waals surface area contributed by atoms with Crippen molar-refractivity contribution in [1.82, 2.24) is 9.78 Å². The molecule has 0 atom stereocenters. The Morgan fingerprint density at radius 3 is 2.74 bits per heavy atom. The van der Waals surface area contributed by atoms with Gasteiger partial charge in [0.1, 0.15) is 6.54 Å². The van der Waals surface area contributed by atoms with Gasteiger partial charge in [-0.3, -0.25) is 4.79 Å². The highest BCUT2D eigenvalue weighted by Gasteiger charge is 2.22. The van der Waals surface area contributed by atoms with Crippen LogP contribution in [0.15, 0.2) is 19.8 Å². The summed E-state index contributed by atoms with van der Waals surface area (Å²) in [4.78, 5) is 21.9. The molecule has 19 heavy (non-hydrogen) atoms. The number of hydrogen-bond acceptors (Lipinski definition) is 5. The monoisotopic (exact) mass is 427 g/mol. The molecule has 6 nitrogen and oxygen atoms in total. The van der Waals surface area contributed by atoms with E-state index in [4.69, 9.17) is 11.6 Å². The molecule has 0 fully saturated rings. The molecule has 2 aromatic rings. The Kier molecular flexibility index (Phi) is 4.39. The third-order valence-electron chi connectivity index (χ3n) is 2.13. The fourth-order valence-corrected chi connectivity index (χ4v) is 4.43.